The third-order valence-corrected chi connectivity index (χ3v) is 3.38. The molecule has 1 aromatic heterocycles. The fourth-order valence-electron chi connectivity index (χ4n) is 2.02. The van der Waals surface area contributed by atoms with Gasteiger partial charge >= 0.3 is 0 Å². The Morgan fingerprint density at radius 1 is 1.04 bits per heavy atom. The van der Waals surface area contributed by atoms with E-state index in [1.54, 1.807) is 48.5 Å². The minimum atomic E-state index is -0.380. The summed E-state index contributed by atoms with van der Waals surface area (Å²) in [6.45, 7) is 0. The molecule has 3 aromatic rings. The van der Waals surface area contributed by atoms with Crippen molar-refractivity contribution >= 4 is 23.0 Å². The molecular weight excluding hydrogens is 314 g/mol. The number of H-pyrrole nitrogens is 2. The summed E-state index contributed by atoms with van der Waals surface area (Å²) in [7, 11) is 0. The smallest absolute Gasteiger partial charge is 0.292 e. The Bertz CT molecular complexity index is 963. The summed E-state index contributed by atoms with van der Waals surface area (Å²) in [6, 6.07) is 15.7. The van der Waals surface area contributed by atoms with Crippen molar-refractivity contribution in [3.05, 3.63) is 69.5 Å². The van der Waals surface area contributed by atoms with Gasteiger partial charge in [-0.15, -0.1) is 5.11 Å². The molecule has 2 aromatic carbocycles. The molecule has 0 aliphatic rings. The molecule has 0 saturated carbocycles. The van der Waals surface area contributed by atoms with E-state index in [1.165, 1.54) is 0 Å². The van der Waals surface area contributed by atoms with Crippen molar-refractivity contribution in [3.8, 4) is 17.3 Å². The number of hydrogen-bond donors (Lipinski definition) is 2. The number of nitrogens with one attached hydrogen (secondary N) is 2. The molecule has 0 spiro atoms. The third-order valence-electron chi connectivity index (χ3n) is 3.13. The number of hydrogen-bond acceptors (Lipinski definition) is 4. The molecule has 0 aliphatic heterocycles. The van der Waals surface area contributed by atoms with Gasteiger partial charge in [0.15, 0.2) is 5.69 Å². The second-order valence-corrected chi connectivity index (χ2v) is 5.11. The fraction of sp³-hybridized carbons (Fsp3) is 0. The summed E-state index contributed by atoms with van der Waals surface area (Å²) in [4.78, 5) is 11.9. The highest BCUT2D eigenvalue weighted by atomic mass is 35.5. The maximum absolute atomic E-state index is 11.9. The van der Waals surface area contributed by atoms with E-state index in [-0.39, 0.29) is 11.2 Å². The van der Waals surface area contributed by atoms with Gasteiger partial charge in [0.25, 0.3) is 5.56 Å². The molecule has 112 valence electrons. The Morgan fingerprint density at radius 3 is 2.57 bits per heavy atom. The van der Waals surface area contributed by atoms with E-state index in [1.807, 2.05) is 6.07 Å². The molecule has 0 aliphatic carbocycles. The van der Waals surface area contributed by atoms with Crippen molar-refractivity contribution in [1.82, 2.24) is 10.2 Å². The molecule has 0 bridgehead atoms. The van der Waals surface area contributed by atoms with Crippen molar-refractivity contribution < 1.29 is 0 Å². The van der Waals surface area contributed by atoms with Crippen LogP contribution in [0.4, 0.5) is 11.4 Å². The van der Waals surface area contributed by atoms with Gasteiger partial charge in [-0.05, 0) is 30.3 Å². The number of nitrogens with zero attached hydrogens (tertiary/aromatic N) is 3. The fourth-order valence-corrected chi connectivity index (χ4v) is 2.14. The van der Waals surface area contributed by atoms with Gasteiger partial charge in [0.2, 0.25) is 0 Å². The quantitative estimate of drug-likeness (QED) is 0.702. The second kappa shape index (κ2) is 6.30. The molecule has 1 heterocycles. The Morgan fingerprint density at radius 2 is 1.83 bits per heavy atom. The highest BCUT2D eigenvalue weighted by Crippen LogP contribution is 2.27. The molecule has 7 heteroatoms. The van der Waals surface area contributed by atoms with Gasteiger partial charge in [-0.25, -0.2) is 0 Å². The number of rotatable bonds is 3. The molecule has 3 rings (SSSR count). The van der Waals surface area contributed by atoms with Crippen molar-refractivity contribution in [1.29, 1.82) is 5.26 Å². The molecule has 0 atom stereocenters. The molecule has 23 heavy (non-hydrogen) atoms. The normalized spacial score (nSPS) is 10.8. The standard InChI is InChI=1S/C16H10ClN5O/c17-12-6-4-11(5-7-12)14-15(16(23)22-20-14)21-19-13-3-1-2-10(8-13)9-18/h1-8H,(H2,20,22,23). The maximum atomic E-state index is 11.9. The Kier molecular flexibility index (Phi) is 4.04. The number of nitriles is 1. The molecule has 6 nitrogen and oxygen atoms in total. The van der Waals surface area contributed by atoms with Crippen LogP contribution in [0.2, 0.25) is 5.02 Å². The lowest BCUT2D eigenvalue weighted by Crippen LogP contribution is -1.96. The van der Waals surface area contributed by atoms with E-state index < -0.39 is 0 Å². The van der Waals surface area contributed by atoms with Crippen LogP contribution < -0.4 is 5.56 Å². The summed E-state index contributed by atoms with van der Waals surface area (Å²) < 4.78 is 0. The molecule has 0 fully saturated rings. The van der Waals surface area contributed by atoms with Gasteiger partial charge in [0, 0.05) is 10.6 Å². The lowest BCUT2D eigenvalue weighted by Gasteiger charge is -1.99. The first-order chi connectivity index (χ1) is 11.2. The predicted molar refractivity (Wildman–Crippen MR) is 87.2 cm³/mol. The van der Waals surface area contributed by atoms with Crippen molar-refractivity contribution in [3.63, 3.8) is 0 Å². The lowest BCUT2D eigenvalue weighted by atomic mass is 10.1. The van der Waals surface area contributed by atoms with Crippen LogP contribution in [-0.2, 0) is 0 Å². The van der Waals surface area contributed by atoms with Gasteiger partial charge in [0.05, 0.1) is 23.0 Å². The van der Waals surface area contributed by atoms with Crippen LogP contribution in [0.15, 0.2) is 63.6 Å². The van der Waals surface area contributed by atoms with E-state index in [9.17, 15) is 4.79 Å². The minimum absolute atomic E-state index is 0.162. The summed E-state index contributed by atoms with van der Waals surface area (Å²) in [6.07, 6.45) is 0. The Hall–Kier alpha value is -3.17. The predicted octanol–water partition coefficient (Wildman–Crippen LogP) is 4.31. The van der Waals surface area contributed by atoms with Gasteiger partial charge in [0.1, 0.15) is 0 Å². The molecule has 0 saturated heterocycles. The van der Waals surface area contributed by atoms with E-state index in [0.717, 1.165) is 5.56 Å². The van der Waals surface area contributed by atoms with E-state index in [4.69, 9.17) is 16.9 Å². The molecule has 2 N–H and O–H groups in total. The molecule has 0 radical (unpaired) electrons. The second-order valence-electron chi connectivity index (χ2n) is 4.67. The summed E-state index contributed by atoms with van der Waals surface area (Å²) in [5.74, 6) is 0. The average molecular weight is 324 g/mol. The average Bonchev–Trinajstić information content (AvgIpc) is 2.94. The zero-order valence-electron chi connectivity index (χ0n) is 11.7. The Balaban J connectivity index is 1.99. The number of benzene rings is 2. The first-order valence-corrected chi connectivity index (χ1v) is 7.03. The highest BCUT2D eigenvalue weighted by molar-refractivity contribution is 6.30. The lowest BCUT2D eigenvalue weighted by molar-refractivity contribution is 1.06. The van der Waals surface area contributed by atoms with Crippen LogP contribution in [0.1, 0.15) is 5.56 Å². The number of halogens is 1. The van der Waals surface area contributed by atoms with Crippen LogP contribution in [0.5, 0.6) is 0 Å². The highest BCUT2D eigenvalue weighted by Gasteiger charge is 2.11. The van der Waals surface area contributed by atoms with Crippen LogP contribution in [0, 0.1) is 11.3 Å². The number of aromatic nitrogens is 2. The van der Waals surface area contributed by atoms with Crippen LogP contribution in [-0.4, -0.2) is 10.2 Å². The SMILES string of the molecule is N#Cc1cccc(N=Nc2c(-c3ccc(Cl)cc3)[nH][nH]c2=O)c1. The summed E-state index contributed by atoms with van der Waals surface area (Å²) in [5.41, 5.74) is 2.03. The monoisotopic (exact) mass is 323 g/mol. The molecule has 0 amide bonds. The largest absolute Gasteiger partial charge is 0.295 e. The Labute approximate surface area is 136 Å². The van der Waals surface area contributed by atoms with Crippen LogP contribution in [0.25, 0.3) is 11.3 Å². The van der Waals surface area contributed by atoms with Gasteiger partial charge in [-0.3, -0.25) is 15.0 Å². The van der Waals surface area contributed by atoms with E-state index in [0.29, 0.717) is 22.0 Å². The van der Waals surface area contributed by atoms with E-state index in [2.05, 4.69) is 20.4 Å². The van der Waals surface area contributed by atoms with Gasteiger partial charge < -0.3 is 0 Å². The van der Waals surface area contributed by atoms with E-state index >= 15 is 0 Å². The maximum Gasteiger partial charge on any atom is 0.292 e. The summed E-state index contributed by atoms with van der Waals surface area (Å²) in [5, 5.41) is 22.8. The first-order valence-electron chi connectivity index (χ1n) is 6.66. The number of aromatic amines is 2. The van der Waals surface area contributed by atoms with Gasteiger partial charge in [-0.2, -0.15) is 10.4 Å². The third kappa shape index (κ3) is 3.20. The van der Waals surface area contributed by atoms with Crippen molar-refractivity contribution in [2.45, 2.75) is 0 Å². The van der Waals surface area contributed by atoms with Gasteiger partial charge in [-0.1, -0.05) is 29.8 Å². The number of azo groups is 1. The zero-order chi connectivity index (χ0) is 16.2. The molecular formula is C16H10ClN5O. The minimum Gasteiger partial charge on any atom is -0.295 e. The molecule has 0 unspecified atom stereocenters. The van der Waals surface area contributed by atoms with Crippen molar-refractivity contribution in [2.75, 3.05) is 0 Å². The van der Waals surface area contributed by atoms with Crippen molar-refractivity contribution in [2.24, 2.45) is 10.2 Å². The van der Waals surface area contributed by atoms with Crippen LogP contribution in [0.3, 0.4) is 0 Å². The van der Waals surface area contributed by atoms with Crippen LogP contribution >= 0.6 is 11.6 Å². The first kappa shape index (κ1) is 14.8. The zero-order valence-corrected chi connectivity index (χ0v) is 12.5. The summed E-state index contributed by atoms with van der Waals surface area (Å²) >= 11 is 5.87. The topological polar surface area (TPSA) is 97.2 Å².